The van der Waals surface area contributed by atoms with Crippen molar-refractivity contribution in [3.8, 4) is 0 Å². The maximum absolute atomic E-state index is 13.4. The number of nitrogens with zero attached hydrogens (tertiary/aromatic N) is 2. The lowest BCUT2D eigenvalue weighted by molar-refractivity contribution is -0.0563. The topological polar surface area (TPSA) is 53.0 Å². The van der Waals surface area contributed by atoms with Crippen molar-refractivity contribution in [3.63, 3.8) is 0 Å². The molecular formula is C16H29FN2O3. The molecule has 6 heteroatoms. The number of hydrogen-bond acceptors (Lipinski definition) is 4. The van der Waals surface area contributed by atoms with Crippen molar-refractivity contribution in [1.29, 1.82) is 0 Å². The molecule has 1 atom stereocenters. The maximum atomic E-state index is 13.4. The summed E-state index contributed by atoms with van der Waals surface area (Å²) >= 11 is 0. The Bertz CT molecular complexity index is 389. The van der Waals surface area contributed by atoms with Gasteiger partial charge in [0.1, 0.15) is 11.8 Å². The van der Waals surface area contributed by atoms with E-state index < -0.39 is 17.4 Å². The van der Waals surface area contributed by atoms with Crippen LogP contribution < -0.4 is 0 Å². The smallest absolute Gasteiger partial charge is 0.410 e. The SMILES string of the molecule is CC(C)(C)OC(=O)N1CCC(O)(CN2CCCC(F)C2)CC1. The number of piperidine rings is 2. The third kappa shape index (κ3) is 5.09. The lowest BCUT2D eigenvalue weighted by Gasteiger charge is -2.42. The highest BCUT2D eigenvalue weighted by Crippen LogP contribution is 2.26. The number of ether oxygens (including phenoxy) is 1. The van der Waals surface area contributed by atoms with Gasteiger partial charge in [-0.1, -0.05) is 0 Å². The summed E-state index contributed by atoms with van der Waals surface area (Å²) in [5, 5.41) is 10.7. The molecule has 5 nitrogen and oxygen atoms in total. The zero-order chi connectivity index (χ0) is 16.4. The molecule has 1 N–H and O–H groups in total. The summed E-state index contributed by atoms with van der Waals surface area (Å²) < 4.78 is 18.8. The number of halogens is 1. The van der Waals surface area contributed by atoms with Crippen molar-refractivity contribution in [2.45, 2.75) is 63.8 Å². The number of amides is 1. The molecule has 0 bridgehead atoms. The van der Waals surface area contributed by atoms with Crippen LogP contribution in [0.5, 0.6) is 0 Å². The Morgan fingerprint density at radius 2 is 1.95 bits per heavy atom. The Balaban J connectivity index is 1.81. The van der Waals surface area contributed by atoms with E-state index in [0.717, 1.165) is 13.0 Å². The second-order valence-corrected chi connectivity index (χ2v) is 7.67. The largest absolute Gasteiger partial charge is 0.444 e. The van der Waals surface area contributed by atoms with E-state index in [0.29, 0.717) is 45.4 Å². The summed E-state index contributed by atoms with van der Waals surface area (Å²) in [7, 11) is 0. The van der Waals surface area contributed by atoms with E-state index >= 15 is 0 Å². The van der Waals surface area contributed by atoms with Crippen LogP contribution in [-0.2, 0) is 4.74 Å². The molecule has 2 fully saturated rings. The minimum atomic E-state index is -0.824. The Labute approximate surface area is 132 Å². The first-order valence-electron chi connectivity index (χ1n) is 8.24. The van der Waals surface area contributed by atoms with Gasteiger partial charge < -0.3 is 14.7 Å². The molecule has 2 rings (SSSR count). The van der Waals surface area contributed by atoms with Crippen molar-refractivity contribution in [1.82, 2.24) is 9.80 Å². The first-order valence-corrected chi connectivity index (χ1v) is 8.24. The molecule has 0 aromatic carbocycles. The molecule has 2 saturated heterocycles. The average Bonchev–Trinajstić information content (AvgIpc) is 2.36. The highest BCUT2D eigenvalue weighted by molar-refractivity contribution is 5.68. The molecule has 0 aromatic rings. The minimum absolute atomic E-state index is 0.323. The monoisotopic (exact) mass is 316 g/mol. The van der Waals surface area contributed by atoms with Crippen molar-refractivity contribution in [2.75, 3.05) is 32.7 Å². The number of rotatable bonds is 2. The zero-order valence-corrected chi connectivity index (χ0v) is 14.0. The number of β-amino-alcohol motifs (C(OH)–C–C–N with tert-alkyl or cyclic N) is 1. The molecule has 0 spiro atoms. The van der Waals surface area contributed by atoms with E-state index in [-0.39, 0.29) is 6.09 Å². The molecule has 0 saturated carbocycles. The van der Waals surface area contributed by atoms with Gasteiger partial charge in [0.05, 0.1) is 5.60 Å². The minimum Gasteiger partial charge on any atom is -0.444 e. The van der Waals surface area contributed by atoms with Crippen LogP contribution in [0.4, 0.5) is 9.18 Å². The van der Waals surface area contributed by atoms with Gasteiger partial charge in [-0.15, -0.1) is 0 Å². The molecule has 2 heterocycles. The fourth-order valence-electron chi connectivity index (χ4n) is 3.15. The lowest BCUT2D eigenvalue weighted by atomic mass is 9.90. The van der Waals surface area contributed by atoms with Gasteiger partial charge in [-0.05, 0) is 53.0 Å². The van der Waals surface area contributed by atoms with E-state index in [1.54, 1.807) is 4.90 Å². The molecule has 0 radical (unpaired) electrons. The van der Waals surface area contributed by atoms with Crippen molar-refractivity contribution >= 4 is 6.09 Å². The third-order valence-corrected chi connectivity index (χ3v) is 4.31. The van der Waals surface area contributed by atoms with Gasteiger partial charge in [-0.3, -0.25) is 4.90 Å². The van der Waals surface area contributed by atoms with Crippen LogP contribution in [0, 0.1) is 0 Å². The number of carbonyl (C=O) groups excluding carboxylic acids is 1. The van der Waals surface area contributed by atoms with Crippen LogP contribution in [0.2, 0.25) is 0 Å². The first kappa shape index (κ1) is 17.5. The van der Waals surface area contributed by atoms with Crippen molar-refractivity contribution < 1.29 is 19.0 Å². The van der Waals surface area contributed by atoms with Crippen LogP contribution in [0.3, 0.4) is 0 Å². The quantitative estimate of drug-likeness (QED) is 0.848. The normalized spacial score (nSPS) is 26.8. The highest BCUT2D eigenvalue weighted by Gasteiger charge is 2.37. The summed E-state index contributed by atoms with van der Waals surface area (Å²) in [6.07, 6.45) is 1.40. The van der Waals surface area contributed by atoms with Crippen LogP contribution in [0.1, 0.15) is 46.5 Å². The van der Waals surface area contributed by atoms with Gasteiger partial charge >= 0.3 is 6.09 Å². The predicted molar refractivity (Wildman–Crippen MR) is 82.6 cm³/mol. The van der Waals surface area contributed by atoms with Crippen LogP contribution in [0.25, 0.3) is 0 Å². The van der Waals surface area contributed by atoms with Crippen LogP contribution in [0.15, 0.2) is 0 Å². The molecule has 0 aromatic heterocycles. The summed E-state index contributed by atoms with van der Waals surface area (Å²) in [5.41, 5.74) is -1.33. The predicted octanol–water partition coefficient (Wildman–Crippen LogP) is 2.18. The zero-order valence-electron chi connectivity index (χ0n) is 14.0. The van der Waals surface area contributed by atoms with E-state index in [9.17, 15) is 14.3 Å². The lowest BCUT2D eigenvalue weighted by Crippen LogP contribution is -2.54. The molecule has 1 unspecified atom stereocenters. The Hall–Kier alpha value is -0.880. The van der Waals surface area contributed by atoms with Crippen molar-refractivity contribution in [3.05, 3.63) is 0 Å². The summed E-state index contributed by atoms with van der Waals surface area (Å²) in [5.74, 6) is 0. The summed E-state index contributed by atoms with van der Waals surface area (Å²) in [4.78, 5) is 15.7. The molecule has 1 amide bonds. The van der Waals surface area contributed by atoms with E-state index in [1.165, 1.54) is 0 Å². The molecule has 0 aliphatic carbocycles. The Morgan fingerprint density at radius 1 is 1.32 bits per heavy atom. The molecule has 128 valence electrons. The van der Waals surface area contributed by atoms with Gasteiger partial charge in [0.2, 0.25) is 0 Å². The van der Waals surface area contributed by atoms with Crippen LogP contribution in [-0.4, -0.2) is 71.1 Å². The second-order valence-electron chi connectivity index (χ2n) is 7.67. The Kier molecular flexibility index (Phi) is 5.33. The number of carbonyl (C=O) groups is 1. The maximum Gasteiger partial charge on any atom is 0.410 e. The van der Waals surface area contributed by atoms with E-state index in [1.807, 2.05) is 25.7 Å². The highest BCUT2D eigenvalue weighted by atomic mass is 19.1. The average molecular weight is 316 g/mol. The van der Waals surface area contributed by atoms with Gasteiger partial charge in [0.15, 0.2) is 0 Å². The first-order chi connectivity index (χ1) is 10.2. The van der Waals surface area contributed by atoms with Gasteiger partial charge in [0, 0.05) is 26.2 Å². The summed E-state index contributed by atoms with van der Waals surface area (Å²) in [6.45, 7) is 8.25. The van der Waals surface area contributed by atoms with Crippen LogP contribution >= 0.6 is 0 Å². The van der Waals surface area contributed by atoms with Gasteiger partial charge in [0.25, 0.3) is 0 Å². The summed E-state index contributed by atoms with van der Waals surface area (Å²) in [6, 6.07) is 0. The molecular weight excluding hydrogens is 287 g/mol. The van der Waals surface area contributed by atoms with Gasteiger partial charge in [-0.25, -0.2) is 9.18 Å². The Morgan fingerprint density at radius 3 is 2.50 bits per heavy atom. The number of alkyl halides is 1. The third-order valence-electron chi connectivity index (χ3n) is 4.31. The fourth-order valence-corrected chi connectivity index (χ4v) is 3.15. The molecule has 2 aliphatic rings. The molecule has 22 heavy (non-hydrogen) atoms. The molecule has 2 aliphatic heterocycles. The van der Waals surface area contributed by atoms with E-state index in [4.69, 9.17) is 4.74 Å². The number of hydrogen-bond donors (Lipinski definition) is 1. The fraction of sp³-hybridized carbons (Fsp3) is 0.938. The number of likely N-dealkylation sites (tertiary alicyclic amines) is 2. The second kappa shape index (κ2) is 6.71. The van der Waals surface area contributed by atoms with E-state index in [2.05, 4.69) is 0 Å². The van der Waals surface area contributed by atoms with Crippen molar-refractivity contribution in [2.24, 2.45) is 0 Å². The van der Waals surface area contributed by atoms with Gasteiger partial charge in [-0.2, -0.15) is 0 Å². The number of aliphatic hydroxyl groups is 1. The standard InChI is InChI=1S/C16H29FN2O3/c1-15(2,3)22-14(20)19-9-6-16(21,7-10-19)12-18-8-4-5-13(17)11-18/h13,21H,4-12H2,1-3H3.